The smallest absolute Gasteiger partial charge is 0.250 e. The summed E-state index contributed by atoms with van der Waals surface area (Å²) in [6.07, 6.45) is 3.57. The number of anilines is 1. The summed E-state index contributed by atoms with van der Waals surface area (Å²) in [6.45, 7) is 0.780. The third-order valence-corrected chi connectivity index (χ3v) is 7.61. The maximum absolute atomic E-state index is 14.2. The second-order valence-corrected chi connectivity index (χ2v) is 9.24. The SMILES string of the molecule is O=C(c1ccccn1)[C@H]1[C@@H](c2ccc(Cl)cc2)[C@H]2CCCN2[C@@]12C(=O)Nc1ccccc12. The van der Waals surface area contributed by atoms with Crippen molar-refractivity contribution in [3.8, 4) is 0 Å². The molecule has 1 aromatic heterocycles. The van der Waals surface area contributed by atoms with E-state index in [1.54, 1.807) is 18.3 Å². The fraction of sp³-hybridized carbons (Fsp3) is 0.269. The molecule has 32 heavy (non-hydrogen) atoms. The van der Waals surface area contributed by atoms with Crippen LogP contribution in [0.25, 0.3) is 0 Å². The Morgan fingerprint density at radius 2 is 1.84 bits per heavy atom. The molecule has 1 amide bonds. The first-order valence-corrected chi connectivity index (χ1v) is 11.4. The van der Waals surface area contributed by atoms with Gasteiger partial charge in [-0.2, -0.15) is 0 Å². The van der Waals surface area contributed by atoms with Gasteiger partial charge in [-0.25, -0.2) is 0 Å². The summed E-state index contributed by atoms with van der Waals surface area (Å²) in [4.78, 5) is 34.6. The van der Waals surface area contributed by atoms with Crippen molar-refractivity contribution in [2.24, 2.45) is 5.92 Å². The van der Waals surface area contributed by atoms with Crippen LogP contribution in [0.3, 0.4) is 0 Å². The number of carbonyl (C=O) groups excluding carboxylic acids is 2. The first kappa shape index (κ1) is 19.6. The molecule has 0 aliphatic carbocycles. The number of ketones is 1. The molecule has 0 radical (unpaired) electrons. The lowest BCUT2D eigenvalue weighted by Crippen LogP contribution is -2.53. The van der Waals surface area contributed by atoms with Gasteiger partial charge >= 0.3 is 0 Å². The topological polar surface area (TPSA) is 62.3 Å². The zero-order valence-electron chi connectivity index (χ0n) is 17.4. The van der Waals surface area contributed by atoms with Crippen molar-refractivity contribution in [2.75, 3.05) is 11.9 Å². The van der Waals surface area contributed by atoms with Crippen LogP contribution in [0.5, 0.6) is 0 Å². The number of aromatic nitrogens is 1. The summed E-state index contributed by atoms with van der Waals surface area (Å²) >= 11 is 6.18. The molecule has 2 fully saturated rings. The van der Waals surface area contributed by atoms with E-state index in [2.05, 4.69) is 15.2 Å². The zero-order chi connectivity index (χ0) is 21.9. The highest BCUT2D eigenvalue weighted by Gasteiger charge is 2.69. The number of hydrogen-bond donors (Lipinski definition) is 1. The molecule has 0 bridgehead atoms. The number of para-hydroxylation sites is 1. The number of amides is 1. The predicted molar refractivity (Wildman–Crippen MR) is 123 cm³/mol. The number of Topliss-reactive ketones (excluding diaryl/α,β-unsaturated/α-hetero) is 1. The Morgan fingerprint density at radius 1 is 1.06 bits per heavy atom. The highest BCUT2D eigenvalue weighted by Crippen LogP contribution is 2.61. The molecule has 3 aliphatic heterocycles. The first-order valence-electron chi connectivity index (χ1n) is 11.0. The Kier molecular flexibility index (Phi) is 4.46. The van der Waals surface area contributed by atoms with Crippen molar-refractivity contribution >= 4 is 29.0 Å². The summed E-state index contributed by atoms with van der Waals surface area (Å²) in [5.74, 6) is -0.933. The number of hydrogen-bond acceptors (Lipinski definition) is 4. The molecule has 3 aromatic rings. The van der Waals surface area contributed by atoms with Crippen molar-refractivity contribution in [1.82, 2.24) is 9.88 Å². The minimum Gasteiger partial charge on any atom is -0.324 e. The van der Waals surface area contributed by atoms with E-state index in [1.165, 1.54) is 0 Å². The summed E-state index contributed by atoms with van der Waals surface area (Å²) in [5.41, 5.74) is 2.07. The number of halogens is 1. The normalized spacial score (nSPS) is 28.5. The van der Waals surface area contributed by atoms with E-state index < -0.39 is 11.5 Å². The molecule has 4 atom stereocenters. The molecule has 5 nitrogen and oxygen atoms in total. The van der Waals surface area contributed by atoms with E-state index in [1.807, 2.05) is 54.6 Å². The number of fused-ring (bicyclic) bond motifs is 4. The molecule has 1 spiro atoms. The zero-order valence-corrected chi connectivity index (χ0v) is 18.1. The molecule has 2 aromatic carbocycles. The van der Waals surface area contributed by atoms with Crippen LogP contribution < -0.4 is 5.32 Å². The van der Waals surface area contributed by atoms with E-state index >= 15 is 0 Å². The highest BCUT2D eigenvalue weighted by atomic mass is 35.5. The van der Waals surface area contributed by atoms with E-state index in [0.29, 0.717) is 10.7 Å². The molecule has 2 saturated heterocycles. The summed E-state index contributed by atoms with van der Waals surface area (Å²) in [7, 11) is 0. The van der Waals surface area contributed by atoms with E-state index in [0.717, 1.165) is 36.2 Å². The number of carbonyl (C=O) groups is 2. The van der Waals surface area contributed by atoms with Crippen LogP contribution in [0.4, 0.5) is 5.69 Å². The number of rotatable bonds is 3. The molecule has 1 N–H and O–H groups in total. The molecular formula is C26H22ClN3O2. The average Bonchev–Trinajstić information content (AvgIpc) is 3.48. The Balaban J connectivity index is 1.62. The van der Waals surface area contributed by atoms with Gasteiger partial charge < -0.3 is 5.32 Å². The fourth-order valence-corrected chi connectivity index (χ4v) is 6.37. The lowest BCUT2D eigenvalue weighted by Gasteiger charge is -2.36. The Bertz CT molecular complexity index is 1210. The van der Waals surface area contributed by atoms with Crippen LogP contribution >= 0.6 is 11.6 Å². The maximum atomic E-state index is 14.2. The molecule has 160 valence electrons. The quantitative estimate of drug-likeness (QED) is 0.599. The monoisotopic (exact) mass is 443 g/mol. The molecule has 3 aliphatic rings. The van der Waals surface area contributed by atoms with Crippen LogP contribution in [0.15, 0.2) is 72.9 Å². The van der Waals surface area contributed by atoms with E-state index in [-0.39, 0.29) is 23.7 Å². The second kappa shape index (κ2) is 7.26. The third-order valence-electron chi connectivity index (χ3n) is 7.36. The van der Waals surface area contributed by atoms with Crippen molar-refractivity contribution in [1.29, 1.82) is 0 Å². The highest BCUT2D eigenvalue weighted by molar-refractivity contribution is 6.30. The van der Waals surface area contributed by atoms with Crippen LogP contribution in [0, 0.1) is 5.92 Å². The predicted octanol–water partition coefficient (Wildman–Crippen LogP) is 4.64. The van der Waals surface area contributed by atoms with Gasteiger partial charge in [-0.05, 0) is 55.3 Å². The lowest BCUT2D eigenvalue weighted by molar-refractivity contribution is -0.127. The van der Waals surface area contributed by atoms with Crippen molar-refractivity contribution in [3.05, 3.63) is 94.8 Å². The molecule has 4 heterocycles. The van der Waals surface area contributed by atoms with Crippen molar-refractivity contribution < 1.29 is 9.59 Å². The third kappa shape index (κ3) is 2.58. The Morgan fingerprint density at radius 3 is 2.62 bits per heavy atom. The second-order valence-electron chi connectivity index (χ2n) is 8.80. The van der Waals surface area contributed by atoms with Gasteiger partial charge in [0.25, 0.3) is 0 Å². The van der Waals surface area contributed by atoms with Crippen LogP contribution in [-0.2, 0) is 10.3 Å². The van der Waals surface area contributed by atoms with Gasteiger partial charge in [-0.15, -0.1) is 0 Å². The van der Waals surface area contributed by atoms with Gasteiger partial charge in [0, 0.05) is 34.4 Å². The average molecular weight is 444 g/mol. The minimum absolute atomic E-state index is 0.0887. The maximum Gasteiger partial charge on any atom is 0.250 e. The lowest BCUT2D eigenvalue weighted by atomic mass is 9.69. The van der Waals surface area contributed by atoms with Gasteiger partial charge in [0.2, 0.25) is 5.91 Å². The summed E-state index contributed by atoms with van der Waals surface area (Å²) in [5, 5.41) is 3.74. The Labute approximate surface area is 191 Å². The van der Waals surface area contributed by atoms with Gasteiger partial charge in [0.05, 0.1) is 5.92 Å². The van der Waals surface area contributed by atoms with Gasteiger partial charge in [-0.3, -0.25) is 19.5 Å². The number of nitrogens with one attached hydrogen (secondary N) is 1. The number of benzene rings is 2. The van der Waals surface area contributed by atoms with Crippen LogP contribution in [0.2, 0.25) is 5.02 Å². The molecule has 0 saturated carbocycles. The Hall–Kier alpha value is -3.02. The van der Waals surface area contributed by atoms with E-state index in [9.17, 15) is 9.59 Å². The van der Waals surface area contributed by atoms with Gasteiger partial charge in [0.1, 0.15) is 11.2 Å². The van der Waals surface area contributed by atoms with Gasteiger partial charge in [0.15, 0.2) is 5.78 Å². The minimum atomic E-state index is -1.04. The standard InChI is InChI=1S/C26H22ClN3O2/c27-17-12-10-16(11-13-17)22-21-9-5-15-30(21)26(18-6-1-2-7-19(18)29-25(26)32)23(22)24(31)20-8-3-4-14-28-20/h1-4,6-8,10-14,21-23H,5,9,15H2,(H,29,32)/t21-,22+,23-,26-/m1/s1. The summed E-state index contributed by atoms with van der Waals surface area (Å²) in [6, 6.07) is 21.0. The molecule has 6 rings (SSSR count). The molecule has 0 unspecified atom stereocenters. The fourth-order valence-electron chi connectivity index (χ4n) is 6.24. The first-order chi connectivity index (χ1) is 15.6. The van der Waals surface area contributed by atoms with E-state index in [4.69, 9.17) is 11.6 Å². The largest absolute Gasteiger partial charge is 0.324 e. The number of nitrogens with zero attached hydrogens (tertiary/aromatic N) is 2. The molecular weight excluding hydrogens is 422 g/mol. The number of pyridine rings is 1. The summed E-state index contributed by atoms with van der Waals surface area (Å²) < 4.78 is 0. The van der Waals surface area contributed by atoms with Crippen LogP contribution in [-0.4, -0.2) is 34.2 Å². The van der Waals surface area contributed by atoms with Gasteiger partial charge in [-0.1, -0.05) is 48.0 Å². The van der Waals surface area contributed by atoms with Crippen molar-refractivity contribution in [3.63, 3.8) is 0 Å². The van der Waals surface area contributed by atoms with Crippen molar-refractivity contribution in [2.45, 2.75) is 30.3 Å². The van der Waals surface area contributed by atoms with Crippen LogP contribution in [0.1, 0.15) is 40.4 Å². The molecule has 6 heteroatoms.